The molecule has 2 atom stereocenters. The summed E-state index contributed by atoms with van der Waals surface area (Å²) in [6.45, 7) is 5.73. The summed E-state index contributed by atoms with van der Waals surface area (Å²) in [4.78, 5) is 23.6. The minimum absolute atomic E-state index is 0.155. The lowest BCUT2D eigenvalue weighted by Gasteiger charge is -2.25. The standard InChI is InChI=1S/C18H27NO6/c1-18(2,3)25-17(22)19-15(16(21)23-4)14(20)10-11-24-12-13-8-6-5-7-9-13/h5-9,14-15,20H,10-12H2,1-4H3,(H,19,22)/t14-,15-/m0/s1. The van der Waals surface area contributed by atoms with Crippen molar-refractivity contribution in [2.75, 3.05) is 13.7 Å². The Morgan fingerprint density at radius 3 is 2.40 bits per heavy atom. The van der Waals surface area contributed by atoms with E-state index in [1.165, 1.54) is 7.11 Å². The molecule has 7 nitrogen and oxygen atoms in total. The van der Waals surface area contributed by atoms with E-state index >= 15 is 0 Å². The van der Waals surface area contributed by atoms with Gasteiger partial charge in [0.1, 0.15) is 5.60 Å². The summed E-state index contributed by atoms with van der Waals surface area (Å²) in [5.74, 6) is -0.749. The van der Waals surface area contributed by atoms with E-state index < -0.39 is 29.8 Å². The molecule has 0 spiro atoms. The first-order valence-electron chi connectivity index (χ1n) is 8.10. The number of benzene rings is 1. The molecule has 0 aliphatic heterocycles. The van der Waals surface area contributed by atoms with Crippen molar-refractivity contribution in [3.05, 3.63) is 35.9 Å². The van der Waals surface area contributed by atoms with E-state index in [0.717, 1.165) is 5.56 Å². The molecule has 1 aromatic rings. The highest BCUT2D eigenvalue weighted by Crippen LogP contribution is 2.09. The Kier molecular flexibility index (Phi) is 8.37. The van der Waals surface area contributed by atoms with E-state index in [-0.39, 0.29) is 13.0 Å². The van der Waals surface area contributed by atoms with Crippen LogP contribution in [-0.2, 0) is 25.6 Å². The van der Waals surface area contributed by atoms with Crippen LogP contribution in [0.2, 0.25) is 0 Å². The summed E-state index contributed by atoms with van der Waals surface area (Å²) in [7, 11) is 1.19. The second-order valence-corrected chi connectivity index (χ2v) is 6.54. The van der Waals surface area contributed by atoms with Crippen molar-refractivity contribution in [3.63, 3.8) is 0 Å². The van der Waals surface area contributed by atoms with Gasteiger partial charge in [-0.2, -0.15) is 0 Å². The number of hydrogen-bond acceptors (Lipinski definition) is 6. The summed E-state index contributed by atoms with van der Waals surface area (Å²) < 4.78 is 15.2. The van der Waals surface area contributed by atoms with Crippen LogP contribution in [0, 0.1) is 0 Å². The van der Waals surface area contributed by atoms with Crippen LogP contribution in [0.4, 0.5) is 4.79 Å². The molecule has 2 N–H and O–H groups in total. The minimum Gasteiger partial charge on any atom is -0.467 e. The van der Waals surface area contributed by atoms with Crippen LogP contribution < -0.4 is 5.32 Å². The van der Waals surface area contributed by atoms with Gasteiger partial charge in [-0.1, -0.05) is 30.3 Å². The van der Waals surface area contributed by atoms with Crippen molar-refractivity contribution in [2.24, 2.45) is 0 Å². The molecule has 140 valence electrons. The van der Waals surface area contributed by atoms with E-state index in [9.17, 15) is 14.7 Å². The largest absolute Gasteiger partial charge is 0.467 e. The van der Waals surface area contributed by atoms with E-state index in [0.29, 0.717) is 6.61 Å². The Bertz CT molecular complexity index is 540. The summed E-state index contributed by atoms with van der Waals surface area (Å²) in [5.41, 5.74) is 0.294. The van der Waals surface area contributed by atoms with Gasteiger partial charge in [-0.15, -0.1) is 0 Å². The number of methoxy groups -OCH3 is 1. The summed E-state index contributed by atoms with van der Waals surface area (Å²) >= 11 is 0. The third kappa shape index (κ3) is 8.51. The maximum absolute atomic E-state index is 11.8. The maximum Gasteiger partial charge on any atom is 0.408 e. The zero-order valence-corrected chi connectivity index (χ0v) is 15.2. The Labute approximate surface area is 148 Å². The molecule has 7 heteroatoms. The van der Waals surface area contributed by atoms with Crippen LogP contribution in [0.5, 0.6) is 0 Å². The molecule has 25 heavy (non-hydrogen) atoms. The number of amides is 1. The second kappa shape index (κ2) is 10.0. The number of rotatable bonds is 8. The zero-order chi connectivity index (χ0) is 18.9. The van der Waals surface area contributed by atoms with Crippen LogP contribution in [0.3, 0.4) is 0 Å². The van der Waals surface area contributed by atoms with Crippen molar-refractivity contribution in [3.8, 4) is 0 Å². The van der Waals surface area contributed by atoms with Crippen LogP contribution in [0.1, 0.15) is 32.8 Å². The number of esters is 1. The van der Waals surface area contributed by atoms with Crippen LogP contribution in [0.15, 0.2) is 30.3 Å². The van der Waals surface area contributed by atoms with Crippen molar-refractivity contribution in [1.82, 2.24) is 5.32 Å². The molecule has 0 bridgehead atoms. The highest BCUT2D eigenvalue weighted by Gasteiger charge is 2.31. The van der Waals surface area contributed by atoms with Gasteiger partial charge in [0.15, 0.2) is 6.04 Å². The predicted molar refractivity (Wildman–Crippen MR) is 91.9 cm³/mol. The monoisotopic (exact) mass is 353 g/mol. The fourth-order valence-electron chi connectivity index (χ4n) is 2.01. The topological polar surface area (TPSA) is 94.1 Å². The lowest BCUT2D eigenvalue weighted by Crippen LogP contribution is -2.50. The number of alkyl carbamates (subject to hydrolysis) is 1. The molecular formula is C18H27NO6. The SMILES string of the molecule is COC(=O)[C@@H](NC(=O)OC(C)(C)C)[C@@H](O)CCOCc1ccccc1. The average Bonchev–Trinajstić information content (AvgIpc) is 2.55. The molecule has 0 radical (unpaired) electrons. The van der Waals surface area contributed by atoms with Gasteiger partial charge in [0.2, 0.25) is 0 Å². The first kappa shape index (κ1) is 20.9. The van der Waals surface area contributed by atoms with Gasteiger partial charge < -0.3 is 24.6 Å². The molecule has 0 heterocycles. The summed E-state index contributed by atoms with van der Waals surface area (Å²) in [5, 5.41) is 12.5. The number of aliphatic hydroxyl groups is 1. The molecule has 0 aromatic heterocycles. The number of carbonyl (C=O) groups excluding carboxylic acids is 2. The van der Waals surface area contributed by atoms with E-state index in [1.807, 2.05) is 30.3 Å². The van der Waals surface area contributed by atoms with Gasteiger partial charge in [-0.05, 0) is 32.8 Å². The van der Waals surface area contributed by atoms with Gasteiger partial charge in [0, 0.05) is 6.61 Å². The highest BCUT2D eigenvalue weighted by molar-refractivity contribution is 5.82. The summed E-state index contributed by atoms with van der Waals surface area (Å²) in [6, 6.07) is 8.36. The smallest absolute Gasteiger partial charge is 0.408 e. The van der Waals surface area contributed by atoms with Crippen molar-refractivity contribution < 1.29 is 28.9 Å². The summed E-state index contributed by atoms with van der Waals surface area (Å²) in [6.07, 6.45) is -1.80. The van der Waals surface area contributed by atoms with Crippen LogP contribution in [0.25, 0.3) is 0 Å². The van der Waals surface area contributed by atoms with Gasteiger partial charge in [-0.25, -0.2) is 9.59 Å². The quantitative estimate of drug-likeness (QED) is 0.548. The molecule has 0 aliphatic carbocycles. The fraction of sp³-hybridized carbons (Fsp3) is 0.556. The predicted octanol–water partition coefficient (Wildman–Crippen LogP) is 2.02. The molecule has 0 saturated heterocycles. The van der Waals surface area contributed by atoms with Crippen molar-refractivity contribution in [1.29, 1.82) is 0 Å². The normalized spacial score (nSPS) is 13.6. The lowest BCUT2D eigenvalue weighted by atomic mass is 10.1. The van der Waals surface area contributed by atoms with Gasteiger partial charge in [-0.3, -0.25) is 0 Å². The number of hydrogen-bond donors (Lipinski definition) is 2. The molecule has 0 fully saturated rings. The molecule has 0 aliphatic rings. The number of ether oxygens (including phenoxy) is 3. The van der Waals surface area contributed by atoms with Crippen molar-refractivity contribution in [2.45, 2.75) is 51.5 Å². The first-order chi connectivity index (χ1) is 11.7. The zero-order valence-electron chi connectivity index (χ0n) is 15.2. The van der Waals surface area contributed by atoms with Crippen LogP contribution in [-0.4, -0.2) is 48.6 Å². The Morgan fingerprint density at radius 1 is 1.20 bits per heavy atom. The third-order valence-electron chi connectivity index (χ3n) is 3.18. The minimum atomic E-state index is -1.22. The molecule has 0 unspecified atom stereocenters. The Hall–Kier alpha value is -2.12. The van der Waals surface area contributed by atoms with Gasteiger partial charge >= 0.3 is 12.1 Å². The number of nitrogens with one attached hydrogen (secondary N) is 1. The molecule has 1 aromatic carbocycles. The van der Waals surface area contributed by atoms with Crippen molar-refractivity contribution >= 4 is 12.1 Å². The molecule has 0 saturated carbocycles. The Balaban J connectivity index is 2.48. The van der Waals surface area contributed by atoms with Gasteiger partial charge in [0.05, 0.1) is 19.8 Å². The number of aliphatic hydroxyl groups excluding tert-OH is 1. The maximum atomic E-state index is 11.8. The third-order valence-corrected chi connectivity index (χ3v) is 3.18. The van der Waals surface area contributed by atoms with E-state index in [4.69, 9.17) is 9.47 Å². The Morgan fingerprint density at radius 2 is 1.84 bits per heavy atom. The second-order valence-electron chi connectivity index (χ2n) is 6.54. The fourth-order valence-corrected chi connectivity index (χ4v) is 2.01. The molecular weight excluding hydrogens is 326 g/mol. The van der Waals surface area contributed by atoms with Crippen LogP contribution >= 0.6 is 0 Å². The van der Waals surface area contributed by atoms with Gasteiger partial charge in [0.25, 0.3) is 0 Å². The number of carbonyl (C=O) groups is 2. The molecule has 1 rings (SSSR count). The average molecular weight is 353 g/mol. The first-order valence-corrected chi connectivity index (χ1v) is 8.10. The van der Waals surface area contributed by atoms with E-state index in [1.54, 1.807) is 20.8 Å². The molecule has 1 amide bonds. The highest BCUT2D eigenvalue weighted by atomic mass is 16.6. The lowest BCUT2D eigenvalue weighted by molar-refractivity contribution is -0.146. The van der Waals surface area contributed by atoms with E-state index in [2.05, 4.69) is 10.1 Å².